The van der Waals surface area contributed by atoms with Gasteiger partial charge < -0.3 is 15.1 Å². The van der Waals surface area contributed by atoms with Crippen LogP contribution < -0.4 is 4.90 Å². The quantitative estimate of drug-likeness (QED) is 0.466. The van der Waals surface area contributed by atoms with Gasteiger partial charge in [0.2, 0.25) is 0 Å². The maximum absolute atomic E-state index is 9.94. The van der Waals surface area contributed by atoms with E-state index in [0.717, 1.165) is 27.7 Å². The van der Waals surface area contributed by atoms with E-state index < -0.39 is 11.2 Å². The van der Waals surface area contributed by atoms with E-state index >= 15 is 0 Å². The van der Waals surface area contributed by atoms with Crippen LogP contribution in [0.1, 0.15) is 38.8 Å². The second-order valence-electron chi connectivity index (χ2n) is 8.90. The number of aliphatic hydroxyl groups is 2. The van der Waals surface area contributed by atoms with Gasteiger partial charge in [0.15, 0.2) is 0 Å². The second-order valence-corrected chi connectivity index (χ2v) is 8.90. The van der Waals surface area contributed by atoms with Crippen LogP contribution in [0.2, 0.25) is 0 Å². The highest BCUT2D eigenvalue weighted by molar-refractivity contribution is 5.94. The van der Waals surface area contributed by atoms with Gasteiger partial charge >= 0.3 is 0 Å². The van der Waals surface area contributed by atoms with Crippen LogP contribution in [0.5, 0.6) is 0 Å². The first kappa shape index (κ1) is 22.3. The van der Waals surface area contributed by atoms with Gasteiger partial charge in [-0.3, -0.25) is 4.40 Å². The van der Waals surface area contributed by atoms with Gasteiger partial charge in [-0.15, -0.1) is 10.2 Å². The Labute approximate surface area is 192 Å². The van der Waals surface area contributed by atoms with E-state index in [2.05, 4.69) is 33.9 Å². The molecule has 0 unspecified atom stereocenters. The fourth-order valence-electron chi connectivity index (χ4n) is 3.25. The minimum atomic E-state index is -1.08. The molecule has 0 saturated carbocycles. The fourth-order valence-corrected chi connectivity index (χ4v) is 3.25. The van der Waals surface area contributed by atoms with Crippen LogP contribution in [0.25, 0.3) is 16.7 Å². The van der Waals surface area contributed by atoms with E-state index in [0.29, 0.717) is 11.6 Å². The normalized spacial score (nSPS) is 11.6. The number of aromatic nitrogens is 4. The summed E-state index contributed by atoms with van der Waals surface area (Å²) in [6.07, 6.45) is 1.62. The number of anilines is 2. The predicted molar refractivity (Wildman–Crippen MR) is 129 cm³/mol. The number of hydrogen-bond donors (Lipinski definition) is 2. The summed E-state index contributed by atoms with van der Waals surface area (Å²) in [5.74, 6) is 12.9. The molecule has 0 aliphatic heterocycles. The Balaban J connectivity index is 1.83. The molecule has 2 aromatic carbocycles. The summed E-state index contributed by atoms with van der Waals surface area (Å²) < 4.78 is 1.81. The molecule has 166 valence electrons. The van der Waals surface area contributed by atoms with Gasteiger partial charge in [-0.2, -0.15) is 4.98 Å². The highest BCUT2D eigenvalue weighted by atomic mass is 16.3. The maximum Gasteiger partial charge on any atom is 0.257 e. The summed E-state index contributed by atoms with van der Waals surface area (Å²) in [6.45, 7) is 6.60. The van der Waals surface area contributed by atoms with Crippen LogP contribution in [0, 0.1) is 23.7 Å². The molecule has 7 nitrogen and oxygen atoms in total. The summed E-state index contributed by atoms with van der Waals surface area (Å²) in [5.41, 5.74) is 1.16. The fraction of sp³-hybridized carbons (Fsp3) is 0.269. The predicted octanol–water partition coefficient (Wildman–Crippen LogP) is 3.29. The Morgan fingerprint density at radius 2 is 1.58 bits per heavy atom. The Kier molecular flexibility index (Phi) is 5.55. The molecule has 0 aliphatic carbocycles. The summed E-state index contributed by atoms with van der Waals surface area (Å²) in [6, 6.07) is 13.5. The van der Waals surface area contributed by atoms with E-state index in [-0.39, 0.29) is 0 Å². The smallest absolute Gasteiger partial charge is 0.257 e. The average molecular weight is 440 g/mol. The minimum Gasteiger partial charge on any atom is -0.378 e. The van der Waals surface area contributed by atoms with Crippen molar-refractivity contribution in [3.8, 4) is 23.7 Å². The van der Waals surface area contributed by atoms with Crippen LogP contribution in [-0.4, -0.2) is 48.0 Å². The first-order valence-electron chi connectivity index (χ1n) is 10.5. The molecule has 0 bridgehead atoms. The summed E-state index contributed by atoms with van der Waals surface area (Å²) >= 11 is 0. The molecule has 2 heterocycles. The third kappa shape index (κ3) is 5.12. The minimum absolute atomic E-state index is 0.468. The van der Waals surface area contributed by atoms with E-state index in [4.69, 9.17) is 4.98 Å². The topological polar surface area (TPSA) is 86.8 Å². The molecule has 0 fully saturated rings. The first-order chi connectivity index (χ1) is 15.5. The van der Waals surface area contributed by atoms with E-state index in [1.54, 1.807) is 34.0 Å². The highest BCUT2D eigenvalue weighted by Gasteiger charge is 2.15. The lowest BCUT2D eigenvalue weighted by atomic mass is 10.1. The molecule has 33 heavy (non-hydrogen) atoms. The van der Waals surface area contributed by atoms with Gasteiger partial charge in [0.1, 0.15) is 23.3 Å². The van der Waals surface area contributed by atoms with Gasteiger partial charge in [0.05, 0.1) is 5.52 Å². The van der Waals surface area contributed by atoms with Crippen LogP contribution in [-0.2, 0) is 0 Å². The largest absolute Gasteiger partial charge is 0.378 e. The number of nitrogens with zero attached hydrogens (tertiary/aromatic N) is 5. The van der Waals surface area contributed by atoms with Crippen molar-refractivity contribution in [1.29, 1.82) is 0 Å². The second kappa shape index (κ2) is 8.22. The SMILES string of the molecule is CN(c1cccc(C#CC(C)(C)O)c1)c1nc2nncn2c2cc(C#CC(C)(C)O)ccc12. The first-order valence-corrected chi connectivity index (χ1v) is 10.5. The average Bonchev–Trinajstić information content (AvgIpc) is 3.23. The Bertz CT molecular complexity index is 1470. The van der Waals surface area contributed by atoms with Crippen molar-refractivity contribution in [1.82, 2.24) is 19.6 Å². The molecule has 7 heteroatoms. The van der Waals surface area contributed by atoms with Crippen molar-refractivity contribution < 1.29 is 10.2 Å². The molecule has 0 spiro atoms. The van der Waals surface area contributed by atoms with Crippen molar-refractivity contribution >= 4 is 28.2 Å². The van der Waals surface area contributed by atoms with Crippen LogP contribution >= 0.6 is 0 Å². The Hall–Kier alpha value is -3.91. The van der Waals surface area contributed by atoms with Crippen molar-refractivity contribution in [3.63, 3.8) is 0 Å². The van der Waals surface area contributed by atoms with Gasteiger partial charge in [0, 0.05) is 29.2 Å². The van der Waals surface area contributed by atoms with Crippen molar-refractivity contribution in [3.05, 3.63) is 59.9 Å². The molecule has 0 amide bonds. The van der Waals surface area contributed by atoms with Crippen LogP contribution in [0.15, 0.2) is 48.8 Å². The monoisotopic (exact) mass is 439 g/mol. The zero-order valence-electron chi connectivity index (χ0n) is 19.2. The number of benzene rings is 2. The summed E-state index contributed by atoms with van der Waals surface area (Å²) in [5, 5.41) is 28.9. The van der Waals surface area contributed by atoms with E-state index in [1.807, 2.05) is 58.8 Å². The molecule has 0 atom stereocenters. The van der Waals surface area contributed by atoms with Crippen LogP contribution in [0.3, 0.4) is 0 Å². The van der Waals surface area contributed by atoms with Gasteiger partial charge in [0.25, 0.3) is 5.78 Å². The number of hydrogen-bond acceptors (Lipinski definition) is 6. The maximum atomic E-state index is 9.94. The lowest BCUT2D eigenvalue weighted by Crippen LogP contribution is -2.15. The lowest BCUT2D eigenvalue weighted by Gasteiger charge is -2.21. The number of rotatable bonds is 2. The molecule has 0 radical (unpaired) electrons. The van der Waals surface area contributed by atoms with Crippen molar-refractivity contribution in [2.24, 2.45) is 0 Å². The van der Waals surface area contributed by atoms with Gasteiger partial charge in [-0.1, -0.05) is 29.7 Å². The zero-order valence-corrected chi connectivity index (χ0v) is 19.2. The summed E-state index contributed by atoms with van der Waals surface area (Å²) in [4.78, 5) is 6.70. The molecule has 0 saturated heterocycles. The third-order valence-electron chi connectivity index (χ3n) is 4.81. The van der Waals surface area contributed by atoms with Gasteiger partial charge in [-0.05, 0) is 64.1 Å². The molecular formula is C26H25N5O2. The zero-order chi connectivity index (χ0) is 23.8. The number of fused-ring (bicyclic) bond motifs is 3. The Morgan fingerprint density at radius 3 is 2.24 bits per heavy atom. The van der Waals surface area contributed by atoms with Crippen molar-refractivity contribution in [2.75, 3.05) is 11.9 Å². The lowest BCUT2D eigenvalue weighted by molar-refractivity contribution is 0.143. The van der Waals surface area contributed by atoms with E-state index in [1.165, 1.54) is 0 Å². The van der Waals surface area contributed by atoms with E-state index in [9.17, 15) is 10.2 Å². The third-order valence-corrected chi connectivity index (χ3v) is 4.81. The van der Waals surface area contributed by atoms with Crippen LogP contribution in [0.4, 0.5) is 11.5 Å². The molecule has 2 aromatic heterocycles. The highest BCUT2D eigenvalue weighted by Crippen LogP contribution is 2.31. The standard InChI is InChI=1S/C26H25N5O2/c1-25(2,32)13-11-18-7-6-8-20(15-18)30(5)23-21-10-9-19(12-14-26(3,4)33)16-22(21)31-17-27-29-24(31)28-23/h6-10,15-17,32-33H,1-5H3. The Morgan fingerprint density at radius 1 is 0.909 bits per heavy atom. The molecule has 2 N–H and O–H groups in total. The molecule has 0 aliphatic rings. The molecule has 4 rings (SSSR count). The molecule has 4 aromatic rings. The molecular weight excluding hydrogens is 414 g/mol. The summed E-state index contributed by atoms with van der Waals surface area (Å²) in [7, 11) is 1.93. The van der Waals surface area contributed by atoms with Gasteiger partial charge in [-0.25, -0.2) is 0 Å². The van der Waals surface area contributed by atoms with Crippen molar-refractivity contribution in [2.45, 2.75) is 38.9 Å².